The van der Waals surface area contributed by atoms with Crippen molar-refractivity contribution in [3.8, 4) is 0 Å². The predicted octanol–water partition coefficient (Wildman–Crippen LogP) is 18.6. The number of nitrogens with one attached hydrogen (secondary N) is 1. The third kappa shape index (κ3) is 46.2. The molecule has 0 heterocycles. The molecule has 0 saturated heterocycles. The summed E-state index contributed by atoms with van der Waals surface area (Å²) in [6.07, 6.45) is 56.8. The highest BCUT2D eigenvalue weighted by Gasteiger charge is 2.17. The van der Waals surface area contributed by atoms with Crippen LogP contribution in [-0.2, 0) is 14.3 Å². The second-order valence-corrected chi connectivity index (χ2v) is 20.6. The van der Waals surface area contributed by atoms with Crippen LogP contribution in [0.1, 0.15) is 324 Å². The largest absolute Gasteiger partial charge is 0.465 e. The third-order valence-electron chi connectivity index (χ3n) is 14.1. The van der Waals surface area contributed by atoms with E-state index in [1.807, 2.05) is 0 Å². The molecule has 0 amide bonds. The van der Waals surface area contributed by atoms with Crippen LogP contribution in [0.4, 0.5) is 0 Å². The van der Waals surface area contributed by atoms with E-state index < -0.39 is 0 Å². The van der Waals surface area contributed by atoms with E-state index in [1.165, 1.54) is 257 Å². The molecule has 1 unspecified atom stereocenters. The highest BCUT2D eigenvalue weighted by Crippen LogP contribution is 2.20. The Morgan fingerprint density at radius 3 is 1.19 bits per heavy atom. The van der Waals surface area contributed by atoms with Crippen molar-refractivity contribution >= 4 is 11.8 Å². The number of hydrogen-bond donors (Lipinski definition) is 1. The molecule has 0 aliphatic carbocycles. The quantitative estimate of drug-likeness (QED) is 0.0487. The number of carbonyl (C=O) groups excluding carboxylic acids is 2. The van der Waals surface area contributed by atoms with Crippen molar-refractivity contribution in [1.29, 1.82) is 0 Å². The number of unbranched alkanes of at least 4 members (excludes halogenated alkanes) is 33. The summed E-state index contributed by atoms with van der Waals surface area (Å²) in [5, 5.41) is 3.72. The molecule has 0 aromatic carbocycles. The molecule has 0 spiro atoms. The Bertz CT molecular complexity index is 906. The molecule has 0 aliphatic heterocycles. The lowest BCUT2D eigenvalue weighted by Crippen LogP contribution is -2.37. The molecular formula is C59H118N2O3. The summed E-state index contributed by atoms with van der Waals surface area (Å²) in [7, 11) is 0. The number of carbonyl (C=O) groups is 2. The van der Waals surface area contributed by atoms with E-state index in [9.17, 15) is 9.59 Å². The lowest BCUT2D eigenvalue weighted by atomic mass is 9.96. The first-order valence-corrected chi connectivity index (χ1v) is 29.7. The summed E-state index contributed by atoms with van der Waals surface area (Å²) >= 11 is 0. The number of hydrogen-bond acceptors (Lipinski definition) is 5. The molecule has 0 radical (unpaired) electrons. The zero-order valence-corrected chi connectivity index (χ0v) is 44.7. The van der Waals surface area contributed by atoms with Crippen molar-refractivity contribution in [2.24, 2.45) is 5.92 Å². The highest BCUT2D eigenvalue weighted by atomic mass is 16.5. The van der Waals surface area contributed by atoms with E-state index in [4.69, 9.17) is 4.74 Å². The van der Waals surface area contributed by atoms with Gasteiger partial charge in [0.1, 0.15) is 5.78 Å². The molecule has 5 heteroatoms. The van der Waals surface area contributed by atoms with Gasteiger partial charge in [0.05, 0.1) is 12.6 Å². The van der Waals surface area contributed by atoms with Crippen molar-refractivity contribution in [3.05, 3.63) is 0 Å². The molecule has 0 rings (SSSR count). The summed E-state index contributed by atoms with van der Waals surface area (Å²) in [5.41, 5.74) is 0. The van der Waals surface area contributed by atoms with Crippen LogP contribution < -0.4 is 5.32 Å². The van der Waals surface area contributed by atoms with Gasteiger partial charge >= 0.3 is 5.97 Å². The van der Waals surface area contributed by atoms with Crippen molar-refractivity contribution in [2.75, 3.05) is 32.8 Å². The third-order valence-corrected chi connectivity index (χ3v) is 14.1. The molecule has 64 heavy (non-hydrogen) atoms. The fourth-order valence-electron chi connectivity index (χ4n) is 9.62. The molecule has 0 aromatic rings. The Balaban J connectivity index is 4.50. The molecule has 1 N–H and O–H groups in total. The first kappa shape index (κ1) is 63.1. The van der Waals surface area contributed by atoms with E-state index in [-0.39, 0.29) is 12.0 Å². The van der Waals surface area contributed by atoms with Gasteiger partial charge in [-0.25, -0.2) is 0 Å². The normalized spacial score (nSPS) is 12.7. The monoisotopic (exact) mass is 903 g/mol. The van der Waals surface area contributed by atoms with Gasteiger partial charge in [-0.2, -0.15) is 0 Å². The van der Waals surface area contributed by atoms with Gasteiger partial charge in [0.15, 0.2) is 0 Å². The Labute approximate surface area is 403 Å². The van der Waals surface area contributed by atoms with Crippen LogP contribution in [-0.4, -0.2) is 55.5 Å². The highest BCUT2D eigenvalue weighted by molar-refractivity contribution is 5.83. The molecule has 0 fully saturated rings. The van der Waals surface area contributed by atoms with Crippen LogP contribution in [0.3, 0.4) is 0 Å². The summed E-state index contributed by atoms with van der Waals surface area (Å²) < 4.78 is 5.75. The van der Waals surface area contributed by atoms with Crippen LogP contribution >= 0.6 is 0 Å². The van der Waals surface area contributed by atoms with Crippen LogP contribution in [0.2, 0.25) is 0 Å². The second kappa shape index (κ2) is 53.0. The van der Waals surface area contributed by atoms with Gasteiger partial charge in [0.2, 0.25) is 0 Å². The number of nitrogens with zero attached hydrogens (tertiary/aromatic N) is 1. The average Bonchev–Trinajstić information content (AvgIpc) is 3.30. The Morgan fingerprint density at radius 1 is 0.375 bits per heavy atom. The topological polar surface area (TPSA) is 58.6 Å². The lowest BCUT2D eigenvalue weighted by molar-refractivity contribution is -0.145. The maximum Gasteiger partial charge on any atom is 0.305 e. The average molecular weight is 904 g/mol. The van der Waals surface area contributed by atoms with Gasteiger partial charge in [-0.15, -0.1) is 0 Å². The molecule has 0 aliphatic rings. The van der Waals surface area contributed by atoms with Crippen LogP contribution in [0, 0.1) is 5.92 Å². The maximum atomic E-state index is 13.5. The van der Waals surface area contributed by atoms with Gasteiger partial charge < -0.3 is 15.0 Å². The SMILES string of the molecule is CCCCCCCCCCN(CCCCCCCCCC)CCCCCCCCC[C@H](NCCCCCCCC)C(=O)CCCCCCCC(=O)OCC(CCCC)CCCCCC. The minimum absolute atomic E-state index is 0.0139. The number of ketones is 1. The van der Waals surface area contributed by atoms with Crippen LogP contribution in [0.5, 0.6) is 0 Å². The number of ether oxygens (including phenoxy) is 1. The summed E-state index contributed by atoms with van der Waals surface area (Å²) in [5.74, 6) is 0.952. The fraction of sp³-hybridized carbons (Fsp3) is 0.966. The van der Waals surface area contributed by atoms with Crippen LogP contribution in [0.15, 0.2) is 0 Å². The zero-order chi connectivity index (χ0) is 46.7. The minimum Gasteiger partial charge on any atom is -0.465 e. The van der Waals surface area contributed by atoms with E-state index in [1.54, 1.807) is 0 Å². The summed E-state index contributed by atoms with van der Waals surface area (Å²) in [6, 6.07) is 0.0336. The fourth-order valence-corrected chi connectivity index (χ4v) is 9.62. The van der Waals surface area contributed by atoms with E-state index in [0.29, 0.717) is 31.1 Å². The Kier molecular flexibility index (Phi) is 52.2. The predicted molar refractivity (Wildman–Crippen MR) is 284 cm³/mol. The molecular weight excluding hydrogens is 785 g/mol. The van der Waals surface area contributed by atoms with Crippen molar-refractivity contribution in [1.82, 2.24) is 10.2 Å². The van der Waals surface area contributed by atoms with Crippen molar-refractivity contribution in [3.63, 3.8) is 0 Å². The van der Waals surface area contributed by atoms with Crippen molar-refractivity contribution in [2.45, 2.75) is 330 Å². The summed E-state index contributed by atoms with van der Waals surface area (Å²) in [6.45, 7) is 16.9. The summed E-state index contributed by atoms with van der Waals surface area (Å²) in [4.78, 5) is 28.8. The van der Waals surface area contributed by atoms with Gasteiger partial charge in [0, 0.05) is 12.8 Å². The zero-order valence-electron chi connectivity index (χ0n) is 44.7. The second-order valence-electron chi connectivity index (χ2n) is 20.6. The van der Waals surface area contributed by atoms with Crippen LogP contribution in [0.25, 0.3) is 0 Å². The molecule has 0 aromatic heterocycles. The van der Waals surface area contributed by atoms with E-state index >= 15 is 0 Å². The molecule has 382 valence electrons. The number of Topliss-reactive ketones (excluding diaryl/α,β-unsaturated/α-hetero) is 1. The van der Waals surface area contributed by atoms with Gasteiger partial charge in [-0.1, -0.05) is 253 Å². The number of rotatable bonds is 55. The molecule has 0 saturated carbocycles. The first-order valence-electron chi connectivity index (χ1n) is 29.7. The lowest BCUT2D eigenvalue weighted by Gasteiger charge is -2.22. The van der Waals surface area contributed by atoms with Gasteiger partial charge in [-0.05, 0) is 89.9 Å². The molecule has 5 nitrogen and oxygen atoms in total. The first-order chi connectivity index (χ1) is 31.5. The molecule has 0 bridgehead atoms. The van der Waals surface area contributed by atoms with E-state index in [0.717, 1.165) is 45.1 Å². The minimum atomic E-state index is -0.0139. The molecule has 2 atom stereocenters. The Hall–Kier alpha value is -0.940. The van der Waals surface area contributed by atoms with Gasteiger partial charge in [0.25, 0.3) is 0 Å². The maximum absolute atomic E-state index is 13.5. The van der Waals surface area contributed by atoms with Crippen molar-refractivity contribution < 1.29 is 14.3 Å². The standard InChI is InChI=1S/C59H118N2O3/c1-6-11-16-20-23-27-35-43-52-61(53-44-36-28-24-21-17-12-7-2)54-45-37-29-25-26-31-39-48-57(60-51-42-34-22-18-13-8-3)58(62)49-40-32-30-33-41-50-59(63)64-55-56(46-15-10-5)47-38-19-14-9-4/h56-57,60H,6-55H2,1-5H3/t56?,57-/m0/s1. The smallest absolute Gasteiger partial charge is 0.305 e. The van der Waals surface area contributed by atoms with E-state index in [2.05, 4.69) is 44.8 Å². The van der Waals surface area contributed by atoms with Gasteiger partial charge in [-0.3, -0.25) is 9.59 Å². The number of esters is 1. The Morgan fingerprint density at radius 2 is 0.719 bits per heavy atom.